The van der Waals surface area contributed by atoms with Crippen molar-refractivity contribution < 1.29 is 18.0 Å². The second kappa shape index (κ2) is 6.06. The lowest BCUT2D eigenvalue weighted by atomic mass is 10.1. The molecule has 0 saturated carbocycles. The molecule has 0 fully saturated rings. The molecule has 0 saturated heterocycles. The Bertz CT molecular complexity index is 458. The van der Waals surface area contributed by atoms with Crippen LogP contribution in [0.15, 0.2) is 18.2 Å². The molecule has 1 amide bonds. The Hall–Kier alpha value is -1.56. The number of hydrogen-bond donors (Lipinski definition) is 2. The number of halogens is 3. The molecular formula is C13H17F3N2O. The number of hydrogen-bond acceptors (Lipinski definition) is 2. The van der Waals surface area contributed by atoms with Crippen molar-refractivity contribution >= 4 is 11.6 Å². The van der Waals surface area contributed by atoms with Gasteiger partial charge < -0.3 is 11.1 Å². The van der Waals surface area contributed by atoms with E-state index in [9.17, 15) is 18.0 Å². The highest BCUT2D eigenvalue weighted by Gasteiger charge is 2.31. The van der Waals surface area contributed by atoms with Crippen molar-refractivity contribution in [2.45, 2.75) is 38.9 Å². The molecule has 6 heteroatoms. The van der Waals surface area contributed by atoms with Crippen molar-refractivity contribution in [1.82, 2.24) is 0 Å². The van der Waals surface area contributed by atoms with Gasteiger partial charge in [-0.2, -0.15) is 13.2 Å². The van der Waals surface area contributed by atoms with Crippen LogP contribution in [-0.2, 0) is 11.0 Å². The lowest BCUT2D eigenvalue weighted by molar-refractivity contribution is -0.137. The van der Waals surface area contributed by atoms with Gasteiger partial charge in [0.15, 0.2) is 0 Å². The topological polar surface area (TPSA) is 55.1 Å². The van der Waals surface area contributed by atoms with E-state index in [1.807, 2.05) is 6.92 Å². The Morgan fingerprint density at radius 3 is 2.58 bits per heavy atom. The second-order valence-electron chi connectivity index (χ2n) is 4.41. The van der Waals surface area contributed by atoms with Crippen LogP contribution in [0.1, 0.15) is 30.9 Å². The zero-order valence-electron chi connectivity index (χ0n) is 10.8. The van der Waals surface area contributed by atoms with Crippen LogP contribution in [0.25, 0.3) is 0 Å². The van der Waals surface area contributed by atoms with Gasteiger partial charge in [0.25, 0.3) is 0 Å². The first kappa shape index (κ1) is 15.5. The fourth-order valence-corrected chi connectivity index (χ4v) is 1.60. The number of nitrogens with two attached hydrogens (primary N) is 1. The average Bonchev–Trinajstić information content (AvgIpc) is 2.30. The minimum Gasteiger partial charge on any atom is -0.324 e. The molecule has 1 aromatic carbocycles. The van der Waals surface area contributed by atoms with Crippen molar-refractivity contribution in [1.29, 1.82) is 0 Å². The third-order valence-electron chi connectivity index (χ3n) is 2.76. The normalized spacial score (nSPS) is 13.2. The molecule has 1 rings (SSSR count). The van der Waals surface area contributed by atoms with Crippen LogP contribution in [0, 0.1) is 6.92 Å². The van der Waals surface area contributed by atoms with Crippen LogP contribution in [0.5, 0.6) is 0 Å². The fourth-order valence-electron chi connectivity index (χ4n) is 1.60. The molecule has 1 aromatic rings. The smallest absolute Gasteiger partial charge is 0.324 e. The van der Waals surface area contributed by atoms with Gasteiger partial charge in [0.05, 0.1) is 11.6 Å². The van der Waals surface area contributed by atoms with Crippen LogP contribution >= 0.6 is 0 Å². The number of aryl methyl sites for hydroxylation is 1. The number of carbonyl (C=O) groups is 1. The van der Waals surface area contributed by atoms with Gasteiger partial charge in [0.1, 0.15) is 0 Å². The molecule has 0 aliphatic rings. The van der Waals surface area contributed by atoms with Gasteiger partial charge >= 0.3 is 6.18 Å². The van der Waals surface area contributed by atoms with Gasteiger partial charge in [-0.15, -0.1) is 0 Å². The first-order chi connectivity index (χ1) is 8.75. The summed E-state index contributed by atoms with van der Waals surface area (Å²) in [6, 6.07) is 2.52. The number of carbonyl (C=O) groups excluding carboxylic acids is 1. The molecule has 0 aromatic heterocycles. The van der Waals surface area contributed by atoms with Crippen LogP contribution in [0.2, 0.25) is 0 Å². The zero-order chi connectivity index (χ0) is 14.6. The molecule has 3 N–H and O–H groups in total. The molecule has 0 radical (unpaired) electrons. The molecule has 0 spiro atoms. The van der Waals surface area contributed by atoms with Crippen LogP contribution in [-0.4, -0.2) is 11.9 Å². The van der Waals surface area contributed by atoms with Crippen molar-refractivity contribution in [2.75, 3.05) is 5.32 Å². The number of amides is 1. The fraction of sp³-hybridized carbons (Fsp3) is 0.462. The van der Waals surface area contributed by atoms with E-state index >= 15 is 0 Å². The van der Waals surface area contributed by atoms with E-state index in [0.717, 1.165) is 18.6 Å². The summed E-state index contributed by atoms with van der Waals surface area (Å²) >= 11 is 0. The predicted octanol–water partition coefficient (Wildman–Crippen LogP) is 3.08. The quantitative estimate of drug-likeness (QED) is 0.886. The molecular weight excluding hydrogens is 257 g/mol. The molecule has 106 valence electrons. The van der Waals surface area contributed by atoms with E-state index in [0.29, 0.717) is 12.0 Å². The summed E-state index contributed by atoms with van der Waals surface area (Å²) in [5, 5.41) is 2.44. The van der Waals surface area contributed by atoms with Gasteiger partial charge in [0.2, 0.25) is 5.91 Å². The minimum atomic E-state index is -4.43. The van der Waals surface area contributed by atoms with Gasteiger partial charge in [-0.3, -0.25) is 4.79 Å². The first-order valence-corrected chi connectivity index (χ1v) is 6.00. The van der Waals surface area contributed by atoms with E-state index in [1.165, 1.54) is 6.07 Å². The van der Waals surface area contributed by atoms with Crippen LogP contribution in [0.4, 0.5) is 18.9 Å². The molecule has 3 nitrogen and oxygen atoms in total. The number of benzene rings is 1. The number of alkyl halides is 3. The molecule has 0 heterocycles. The third kappa shape index (κ3) is 4.24. The summed E-state index contributed by atoms with van der Waals surface area (Å²) in [6.07, 6.45) is -3.21. The van der Waals surface area contributed by atoms with Crippen LogP contribution < -0.4 is 11.1 Å². The number of anilines is 1. The molecule has 0 aliphatic carbocycles. The SMILES string of the molecule is CCCC(N)C(=O)Nc1cc(C(F)(F)F)ccc1C. The van der Waals surface area contributed by atoms with E-state index in [1.54, 1.807) is 6.92 Å². The van der Waals surface area contributed by atoms with Crippen molar-refractivity contribution in [3.05, 3.63) is 29.3 Å². The maximum absolute atomic E-state index is 12.6. The maximum Gasteiger partial charge on any atom is 0.416 e. The Morgan fingerprint density at radius 2 is 2.05 bits per heavy atom. The Labute approximate surface area is 110 Å². The summed E-state index contributed by atoms with van der Waals surface area (Å²) in [7, 11) is 0. The predicted molar refractivity (Wildman–Crippen MR) is 67.7 cm³/mol. The summed E-state index contributed by atoms with van der Waals surface area (Å²) < 4.78 is 37.7. The highest BCUT2D eigenvalue weighted by atomic mass is 19.4. The summed E-state index contributed by atoms with van der Waals surface area (Å²) in [5.74, 6) is -0.468. The largest absolute Gasteiger partial charge is 0.416 e. The maximum atomic E-state index is 12.6. The monoisotopic (exact) mass is 274 g/mol. The Balaban J connectivity index is 2.92. The van der Waals surface area contributed by atoms with Gasteiger partial charge in [-0.25, -0.2) is 0 Å². The van der Waals surface area contributed by atoms with Crippen molar-refractivity contribution in [3.8, 4) is 0 Å². The second-order valence-corrected chi connectivity index (χ2v) is 4.41. The zero-order valence-corrected chi connectivity index (χ0v) is 10.8. The number of nitrogens with one attached hydrogen (secondary N) is 1. The lowest BCUT2D eigenvalue weighted by Gasteiger charge is -2.15. The molecule has 19 heavy (non-hydrogen) atoms. The van der Waals surface area contributed by atoms with E-state index in [-0.39, 0.29) is 5.69 Å². The third-order valence-corrected chi connectivity index (χ3v) is 2.76. The molecule has 1 unspecified atom stereocenters. The standard InChI is InChI=1S/C13H17F3N2O/c1-3-4-10(17)12(19)18-11-7-9(13(14,15)16)6-5-8(11)2/h5-7,10H,3-4,17H2,1-2H3,(H,18,19). The van der Waals surface area contributed by atoms with Crippen molar-refractivity contribution in [2.24, 2.45) is 5.73 Å². The van der Waals surface area contributed by atoms with Crippen LogP contribution in [0.3, 0.4) is 0 Å². The van der Waals surface area contributed by atoms with E-state index < -0.39 is 23.7 Å². The van der Waals surface area contributed by atoms with Crippen molar-refractivity contribution in [3.63, 3.8) is 0 Å². The van der Waals surface area contributed by atoms with Gasteiger partial charge in [0, 0.05) is 5.69 Å². The first-order valence-electron chi connectivity index (χ1n) is 6.00. The summed E-state index contributed by atoms with van der Waals surface area (Å²) in [4.78, 5) is 11.7. The molecule has 1 atom stereocenters. The van der Waals surface area contributed by atoms with Gasteiger partial charge in [-0.05, 0) is 31.0 Å². The summed E-state index contributed by atoms with van der Waals surface area (Å²) in [6.45, 7) is 3.50. The average molecular weight is 274 g/mol. The summed E-state index contributed by atoms with van der Waals surface area (Å²) in [5.41, 5.74) is 5.53. The number of rotatable bonds is 4. The minimum absolute atomic E-state index is 0.145. The Morgan fingerprint density at radius 1 is 1.42 bits per heavy atom. The highest BCUT2D eigenvalue weighted by Crippen LogP contribution is 2.32. The van der Waals surface area contributed by atoms with E-state index in [2.05, 4.69) is 5.32 Å². The highest BCUT2D eigenvalue weighted by molar-refractivity contribution is 5.95. The van der Waals surface area contributed by atoms with E-state index in [4.69, 9.17) is 5.73 Å². The van der Waals surface area contributed by atoms with Gasteiger partial charge in [-0.1, -0.05) is 19.4 Å². The Kier molecular flexibility index (Phi) is 4.94. The molecule has 0 bridgehead atoms. The lowest BCUT2D eigenvalue weighted by Crippen LogP contribution is -2.35. The molecule has 0 aliphatic heterocycles.